The number of pyridine rings is 1. The molecule has 1 aromatic carbocycles. The van der Waals surface area contributed by atoms with Crippen LogP contribution in [0.3, 0.4) is 0 Å². The summed E-state index contributed by atoms with van der Waals surface area (Å²) in [6.45, 7) is -3.15. The highest BCUT2D eigenvalue weighted by Gasteiger charge is 2.48. The standard InChI is InChI=1S/C18H14Cl2F2N2O6S/c19-10-7-23-8-11(20)13(10)24-16(25)9-1-2-12(28-17(21)22)15-14(9)29-18(30-15)3-5-31(26,27)6-4-18/h1-2,7-8,17H,3-6H2,(H,23,24,25). The van der Waals surface area contributed by atoms with Gasteiger partial charge in [0.2, 0.25) is 5.75 Å². The van der Waals surface area contributed by atoms with E-state index in [0.717, 1.165) is 6.07 Å². The molecule has 1 fully saturated rings. The molecule has 1 aromatic heterocycles. The first kappa shape index (κ1) is 21.8. The molecule has 0 saturated carbocycles. The van der Waals surface area contributed by atoms with Crippen molar-refractivity contribution in [2.24, 2.45) is 0 Å². The van der Waals surface area contributed by atoms with Crippen molar-refractivity contribution in [3.63, 3.8) is 0 Å². The number of nitrogens with one attached hydrogen (secondary N) is 1. The van der Waals surface area contributed by atoms with Gasteiger partial charge in [-0.3, -0.25) is 9.78 Å². The predicted molar refractivity (Wildman–Crippen MR) is 107 cm³/mol. The van der Waals surface area contributed by atoms with Gasteiger partial charge in [-0.05, 0) is 12.1 Å². The lowest BCUT2D eigenvalue weighted by Crippen LogP contribution is -2.46. The zero-order chi connectivity index (χ0) is 22.4. The van der Waals surface area contributed by atoms with Gasteiger partial charge in [-0.15, -0.1) is 0 Å². The Bertz CT molecular complexity index is 1130. The van der Waals surface area contributed by atoms with E-state index in [1.54, 1.807) is 0 Å². The minimum Gasteiger partial charge on any atom is -0.447 e. The van der Waals surface area contributed by atoms with Gasteiger partial charge < -0.3 is 19.5 Å². The summed E-state index contributed by atoms with van der Waals surface area (Å²) in [6, 6.07) is 2.36. The molecule has 0 radical (unpaired) electrons. The molecule has 1 saturated heterocycles. The van der Waals surface area contributed by atoms with Gasteiger partial charge in [0.15, 0.2) is 21.3 Å². The molecule has 166 valence electrons. The molecule has 13 heteroatoms. The van der Waals surface area contributed by atoms with Crippen molar-refractivity contribution in [3.05, 3.63) is 40.1 Å². The van der Waals surface area contributed by atoms with E-state index in [9.17, 15) is 22.0 Å². The van der Waals surface area contributed by atoms with Crippen molar-refractivity contribution in [3.8, 4) is 17.2 Å². The van der Waals surface area contributed by atoms with Crippen LogP contribution in [-0.2, 0) is 9.84 Å². The van der Waals surface area contributed by atoms with E-state index < -0.39 is 28.1 Å². The number of sulfone groups is 1. The molecule has 3 heterocycles. The Kier molecular flexibility index (Phi) is 5.61. The number of alkyl halides is 2. The maximum absolute atomic E-state index is 12.9. The van der Waals surface area contributed by atoms with Crippen molar-refractivity contribution in [1.82, 2.24) is 4.98 Å². The van der Waals surface area contributed by atoms with Crippen LogP contribution in [0.4, 0.5) is 14.5 Å². The van der Waals surface area contributed by atoms with Crippen LogP contribution < -0.4 is 19.5 Å². The van der Waals surface area contributed by atoms with Gasteiger partial charge in [-0.25, -0.2) is 8.42 Å². The number of carbonyl (C=O) groups is 1. The first-order valence-corrected chi connectivity index (χ1v) is 11.5. The second-order valence-electron chi connectivity index (χ2n) is 6.85. The minimum atomic E-state index is -3.27. The van der Waals surface area contributed by atoms with Gasteiger partial charge in [0.1, 0.15) is 0 Å². The second-order valence-corrected chi connectivity index (χ2v) is 9.96. The Morgan fingerprint density at radius 3 is 2.35 bits per heavy atom. The molecular formula is C18H14Cl2F2N2O6S. The summed E-state index contributed by atoms with van der Waals surface area (Å²) >= 11 is 12.1. The van der Waals surface area contributed by atoms with E-state index in [4.69, 9.17) is 32.7 Å². The van der Waals surface area contributed by atoms with E-state index in [1.807, 2.05) is 0 Å². The molecule has 1 N–H and O–H groups in total. The largest absolute Gasteiger partial charge is 0.447 e. The fourth-order valence-electron chi connectivity index (χ4n) is 3.27. The number of ether oxygens (including phenoxy) is 3. The Hall–Kier alpha value is -2.37. The number of rotatable bonds is 4. The van der Waals surface area contributed by atoms with Crippen LogP contribution >= 0.6 is 23.2 Å². The van der Waals surface area contributed by atoms with Gasteiger partial charge in [-0.2, -0.15) is 8.78 Å². The summed E-state index contributed by atoms with van der Waals surface area (Å²) in [7, 11) is -3.27. The smallest absolute Gasteiger partial charge is 0.387 e. The normalized spacial score (nSPS) is 18.2. The zero-order valence-corrected chi connectivity index (χ0v) is 17.9. The molecule has 0 aliphatic carbocycles. The van der Waals surface area contributed by atoms with E-state index >= 15 is 0 Å². The Morgan fingerprint density at radius 1 is 1.13 bits per heavy atom. The van der Waals surface area contributed by atoms with Gasteiger partial charge >= 0.3 is 6.61 Å². The zero-order valence-electron chi connectivity index (χ0n) is 15.5. The third kappa shape index (κ3) is 4.35. The number of anilines is 1. The van der Waals surface area contributed by atoms with Crippen LogP contribution in [0.2, 0.25) is 10.0 Å². The van der Waals surface area contributed by atoms with Gasteiger partial charge in [0.25, 0.3) is 11.7 Å². The summed E-state index contributed by atoms with van der Waals surface area (Å²) in [4.78, 5) is 16.7. The molecule has 2 aliphatic heterocycles. The third-order valence-corrected chi connectivity index (χ3v) is 7.02. The van der Waals surface area contributed by atoms with E-state index in [1.165, 1.54) is 18.5 Å². The molecule has 31 heavy (non-hydrogen) atoms. The minimum absolute atomic E-state index is 0.0405. The number of nitrogens with zero attached hydrogens (tertiary/aromatic N) is 1. The Labute approximate surface area is 185 Å². The lowest BCUT2D eigenvalue weighted by molar-refractivity contribution is -0.0903. The third-order valence-electron chi connectivity index (χ3n) is 4.79. The number of hydrogen-bond acceptors (Lipinski definition) is 7. The lowest BCUT2D eigenvalue weighted by atomic mass is 10.1. The first-order chi connectivity index (χ1) is 14.6. The van der Waals surface area contributed by atoms with Crippen molar-refractivity contribution in [1.29, 1.82) is 0 Å². The molecule has 0 atom stereocenters. The van der Waals surface area contributed by atoms with Crippen molar-refractivity contribution < 1.29 is 36.2 Å². The van der Waals surface area contributed by atoms with Gasteiger partial charge in [0, 0.05) is 25.2 Å². The molecule has 0 bridgehead atoms. The lowest BCUT2D eigenvalue weighted by Gasteiger charge is -2.31. The van der Waals surface area contributed by atoms with E-state index in [-0.39, 0.29) is 62.9 Å². The molecule has 0 unspecified atom stereocenters. The summed E-state index contributed by atoms with van der Waals surface area (Å²) in [6.07, 6.45) is 2.48. The number of carbonyl (C=O) groups excluding carboxylic acids is 1. The van der Waals surface area contributed by atoms with Crippen molar-refractivity contribution in [2.45, 2.75) is 25.2 Å². The topological polar surface area (TPSA) is 104 Å². The maximum atomic E-state index is 12.9. The van der Waals surface area contributed by atoms with Crippen LogP contribution in [0.15, 0.2) is 24.5 Å². The molecule has 2 aliphatic rings. The fraction of sp³-hybridized carbons (Fsp3) is 0.333. The van der Waals surface area contributed by atoms with E-state index in [0.29, 0.717) is 0 Å². The number of amides is 1. The maximum Gasteiger partial charge on any atom is 0.387 e. The van der Waals surface area contributed by atoms with Crippen LogP contribution in [0, 0.1) is 0 Å². The summed E-state index contributed by atoms with van der Waals surface area (Å²) < 4.78 is 65.4. The monoisotopic (exact) mass is 494 g/mol. The molecule has 8 nitrogen and oxygen atoms in total. The molecule has 1 spiro atoms. The average molecular weight is 495 g/mol. The Morgan fingerprint density at radius 2 is 1.74 bits per heavy atom. The number of hydrogen-bond donors (Lipinski definition) is 1. The molecular weight excluding hydrogens is 481 g/mol. The molecule has 2 aromatic rings. The Balaban J connectivity index is 1.70. The number of aromatic nitrogens is 1. The van der Waals surface area contributed by atoms with Gasteiger partial charge in [-0.1, -0.05) is 23.2 Å². The summed E-state index contributed by atoms with van der Waals surface area (Å²) in [5.74, 6) is -3.23. The quantitative estimate of drug-likeness (QED) is 0.686. The van der Waals surface area contributed by atoms with Crippen molar-refractivity contribution in [2.75, 3.05) is 16.8 Å². The molecule has 4 rings (SSSR count). The van der Waals surface area contributed by atoms with Crippen molar-refractivity contribution >= 4 is 44.6 Å². The van der Waals surface area contributed by atoms with E-state index in [2.05, 4.69) is 15.0 Å². The number of halogens is 4. The summed E-state index contributed by atoms with van der Waals surface area (Å²) in [5, 5.41) is 2.69. The number of fused-ring (bicyclic) bond motifs is 1. The van der Waals surface area contributed by atoms with Crippen LogP contribution in [0.1, 0.15) is 23.2 Å². The highest BCUT2D eigenvalue weighted by atomic mass is 35.5. The highest BCUT2D eigenvalue weighted by molar-refractivity contribution is 7.91. The van der Waals surface area contributed by atoms with Crippen LogP contribution in [0.5, 0.6) is 17.2 Å². The van der Waals surface area contributed by atoms with Crippen LogP contribution in [0.25, 0.3) is 0 Å². The van der Waals surface area contributed by atoms with Gasteiger partial charge in [0.05, 0.1) is 32.8 Å². The van der Waals surface area contributed by atoms with Crippen LogP contribution in [-0.4, -0.2) is 43.2 Å². The number of benzene rings is 1. The SMILES string of the molecule is O=C(Nc1c(Cl)cncc1Cl)c1ccc(OC(F)F)c2c1OC1(CCS(=O)(=O)CC1)O2. The predicted octanol–water partition coefficient (Wildman–Crippen LogP) is 3.92. The summed E-state index contributed by atoms with van der Waals surface area (Å²) in [5.41, 5.74) is 0.0354. The first-order valence-electron chi connectivity index (χ1n) is 8.90. The highest BCUT2D eigenvalue weighted by Crippen LogP contribution is 2.51. The fourth-order valence-corrected chi connectivity index (χ4v) is 5.18. The average Bonchev–Trinajstić information content (AvgIpc) is 3.07. The molecule has 1 amide bonds. The second kappa shape index (κ2) is 7.95.